The highest BCUT2D eigenvalue weighted by Gasteiger charge is 2.16. The predicted octanol–water partition coefficient (Wildman–Crippen LogP) is 2.66. The Morgan fingerprint density at radius 1 is 1.24 bits per heavy atom. The molecule has 0 bridgehead atoms. The van der Waals surface area contributed by atoms with Gasteiger partial charge in [-0.2, -0.15) is 0 Å². The summed E-state index contributed by atoms with van der Waals surface area (Å²) >= 11 is 0. The largest absolute Gasteiger partial charge is 0.481 e. The smallest absolute Gasteiger partial charge is 0.216 e. The normalized spacial score (nSPS) is 12.2. The molecular formula is C15H17F2N3O. The number of ether oxygens (including phenoxy) is 1. The van der Waals surface area contributed by atoms with E-state index < -0.39 is 11.6 Å². The standard InChI is InChI=1S/C15H17F2N3O/c1-3-18-13(14-8-15(21-2)20-9-19-14)7-10-6-11(16)4-5-12(10)17/h4-6,8-9,13,18H,3,7H2,1-2H3. The van der Waals surface area contributed by atoms with Gasteiger partial charge in [0.15, 0.2) is 0 Å². The van der Waals surface area contributed by atoms with E-state index in [4.69, 9.17) is 4.74 Å². The van der Waals surface area contributed by atoms with Crippen LogP contribution in [0.2, 0.25) is 0 Å². The van der Waals surface area contributed by atoms with Gasteiger partial charge in [0.25, 0.3) is 0 Å². The Balaban J connectivity index is 2.28. The molecule has 0 amide bonds. The Bertz CT molecular complexity index is 607. The summed E-state index contributed by atoms with van der Waals surface area (Å²) < 4.78 is 32.1. The first-order valence-corrected chi connectivity index (χ1v) is 6.67. The molecule has 1 atom stereocenters. The lowest BCUT2D eigenvalue weighted by atomic mass is 10.0. The molecule has 1 unspecified atom stereocenters. The third kappa shape index (κ3) is 3.95. The van der Waals surface area contributed by atoms with Crippen LogP contribution in [0.25, 0.3) is 0 Å². The van der Waals surface area contributed by atoms with Gasteiger partial charge in [-0.05, 0) is 36.7 Å². The second-order valence-corrected chi connectivity index (χ2v) is 4.54. The van der Waals surface area contributed by atoms with Crippen molar-refractivity contribution >= 4 is 0 Å². The molecule has 0 aliphatic rings. The maximum Gasteiger partial charge on any atom is 0.216 e. The van der Waals surface area contributed by atoms with Gasteiger partial charge in [0.1, 0.15) is 18.0 Å². The van der Waals surface area contributed by atoms with Crippen molar-refractivity contribution in [1.29, 1.82) is 0 Å². The number of aromatic nitrogens is 2. The number of halogens is 2. The number of hydrogen-bond acceptors (Lipinski definition) is 4. The minimum Gasteiger partial charge on any atom is -0.481 e. The summed E-state index contributed by atoms with van der Waals surface area (Å²) in [4.78, 5) is 8.13. The van der Waals surface area contributed by atoms with Gasteiger partial charge in [-0.1, -0.05) is 6.92 Å². The van der Waals surface area contributed by atoms with Crippen molar-refractivity contribution in [2.45, 2.75) is 19.4 Å². The van der Waals surface area contributed by atoms with Crippen LogP contribution in [-0.2, 0) is 6.42 Å². The molecule has 1 aromatic carbocycles. The Labute approximate surface area is 122 Å². The average molecular weight is 293 g/mol. The minimum absolute atomic E-state index is 0.247. The molecule has 0 aliphatic carbocycles. The highest BCUT2D eigenvalue weighted by molar-refractivity contribution is 5.23. The van der Waals surface area contributed by atoms with Crippen molar-refractivity contribution in [2.75, 3.05) is 13.7 Å². The maximum atomic E-state index is 13.8. The quantitative estimate of drug-likeness (QED) is 0.889. The molecule has 2 aromatic rings. The highest BCUT2D eigenvalue weighted by atomic mass is 19.1. The van der Waals surface area contributed by atoms with Crippen LogP contribution in [0, 0.1) is 11.6 Å². The fourth-order valence-electron chi connectivity index (χ4n) is 2.10. The van der Waals surface area contributed by atoms with Crippen molar-refractivity contribution < 1.29 is 13.5 Å². The number of nitrogens with one attached hydrogen (secondary N) is 1. The first kappa shape index (κ1) is 15.3. The van der Waals surface area contributed by atoms with Gasteiger partial charge >= 0.3 is 0 Å². The third-order valence-electron chi connectivity index (χ3n) is 3.11. The van der Waals surface area contributed by atoms with Gasteiger partial charge in [0.05, 0.1) is 18.8 Å². The lowest BCUT2D eigenvalue weighted by molar-refractivity contribution is 0.393. The molecule has 2 rings (SSSR count). The van der Waals surface area contributed by atoms with Gasteiger partial charge in [-0.3, -0.25) is 0 Å². The van der Waals surface area contributed by atoms with E-state index in [9.17, 15) is 8.78 Å². The molecule has 4 nitrogen and oxygen atoms in total. The number of benzene rings is 1. The van der Waals surface area contributed by atoms with E-state index in [2.05, 4.69) is 15.3 Å². The van der Waals surface area contributed by atoms with E-state index in [1.165, 1.54) is 19.5 Å². The van der Waals surface area contributed by atoms with Crippen molar-refractivity contribution in [2.24, 2.45) is 0 Å². The van der Waals surface area contributed by atoms with Crippen molar-refractivity contribution in [3.8, 4) is 5.88 Å². The van der Waals surface area contributed by atoms with Gasteiger partial charge in [0, 0.05) is 6.07 Å². The third-order valence-corrected chi connectivity index (χ3v) is 3.11. The van der Waals surface area contributed by atoms with Crippen LogP contribution in [0.15, 0.2) is 30.6 Å². The molecule has 1 N–H and O–H groups in total. The number of rotatable bonds is 6. The lowest BCUT2D eigenvalue weighted by Crippen LogP contribution is -2.24. The summed E-state index contributed by atoms with van der Waals surface area (Å²) in [7, 11) is 1.51. The van der Waals surface area contributed by atoms with E-state index in [-0.39, 0.29) is 12.5 Å². The molecular weight excluding hydrogens is 276 g/mol. The highest BCUT2D eigenvalue weighted by Crippen LogP contribution is 2.21. The summed E-state index contributed by atoms with van der Waals surface area (Å²) in [5.41, 5.74) is 0.978. The van der Waals surface area contributed by atoms with Gasteiger partial charge in [-0.25, -0.2) is 18.7 Å². The fraction of sp³-hybridized carbons (Fsp3) is 0.333. The summed E-state index contributed by atoms with van der Waals surface area (Å²) in [6.45, 7) is 2.61. The zero-order valence-corrected chi connectivity index (χ0v) is 11.9. The lowest BCUT2D eigenvalue weighted by Gasteiger charge is -2.18. The van der Waals surface area contributed by atoms with Crippen molar-refractivity contribution in [1.82, 2.24) is 15.3 Å². The average Bonchev–Trinajstić information content (AvgIpc) is 2.50. The maximum absolute atomic E-state index is 13.8. The van der Waals surface area contributed by atoms with Crippen LogP contribution in [-0.4, -0.2) is 23.6 Å². The number of nitrogens with zero attached hydrogens (tertiary/aromatic N) is 2. The molecule has 0 spiro atoms. The van der Waals surface area contributed by atoms with E-state index in [1.807, 2.05) is 6.92 Å². The van der Waals surface area contributed by atoms with E-state index in [0.717, 1.165) is 12.1 Å². The summed E-state index contributed by atoms with van der Waals surface area (Å²) in [5, 5.41) is 3.21. The van der Waals surface area contributed by atoms with Crippen LogP contribution < -0.4 is 10.1 Å². The Kier molecular flexibility index (Phi) is 5.16. The monoisotopic (exact) mass is 293 g/mol. The minimum atomic E-state index is -0.457. The van der Waals surface area contributed by atoms with Crippen LogP contribution >= 0.6 is 0 Å². The summed E-state index contributed by atoms with van der Waals surface area (Å²) in [6, 6.07) is 4.88. The molecule has 0 aliphatic heterocycles. The SMILES string of the molecule is CCNC(Cc1cc(F)ccc1F)c1cc(OC)ncn1. The zero-order chi connectivity index (χ0) is 15.2. The molecule has 21 heavy (non-hydrogen) atoms. The van der Waals surface area contributed by atoms with Crippen molar-refractivity contribution in [3.63, 3.8) is 0 Å². The molecule has 1 aromatic heterocycles. The van der Waals surface area contributed by atoms with Gasteiger partial charge < -0.3 is 10.1 Å². The molecule has 1 heterocycles. The second kappa shape index (κ2) is 7.08. The Morgan fingerprint density at radius 3 is 2.76 bits per heavy atom. The Morgan fingerprint density at radius 2 is 2.05 bits per heavy atom. The van der Waals surface area contributed by atoms with E-state index in [0.29, 0.717) is 23.7 Å². The molecule has 0 fully saturated rings. The summed E-state index contributed by atoms with van der Waals surface area (Å²) in [5.74, 6) is -0.454. The van der Waals surface area contributed by atoms with E-state index in [1.54, 1.807) is 6.07 Å². The molecule has 6 heteroatoms. The number of methoxy groups -OCH3 is 1. The second-order valence-electron chi connectivity index (χ2n) is 4.54. The molecule has 0 saturated heterocycles. The molecule has 0 radical (unpaired) electrons. The Hall–Kier alpha value is -2.08. The van der Waals surface area contributed by atoms with Crippen LogP contribution in [0.3, 0.4) is 0 Å². The topological polar surface area (TPSA) is 47.0 Å². The van der Waals surface area contributed by atoms with E-state index >= 15 is 0 Å². The van der Waals surface area contributed by atoms with Gasteiger partial charge in [-0.15, -0.1) is 0 Å². The zero-order valence-electron chi connectivity index (χ0n) is 11.9. The predicted molar refractivity (Wildman–Crippen MR) is 75.1 cm³/mol. The van der Waals surface area contributed by atoms with Gasteiger partial charge in [0.2, 0.25) is 5.88 Å². The molecule has 0 saturated carbocycles. The number of likely N-dealkylation sites (N-methyl/N-ethyl adjacent to an activating group) is 1. The first-order chi connectivity index (χ1) is 10.1. The van der Waals surface area contributed by atoms with Crippen LogP contribution in [0.1, 0.15) is 24.2 Å². The summed E-state index contributed by atoms with van der Waals surface area (Å²) in [6.07, 6.45) is 1.68. The molecule has 112 valence electrons. The fourth-order valence-corrected chi connectivity index (χ4v) is 2.10. The first-order valence-electron chi connectivity index (χ1n) is 6.67. The van der Waals surface area contributed by atoms with Crippen LogP contribution in [0.5, 0.6) is 5.88 Å². The van der Waals surface area contributed by atoms with Crippen LogP contribution in [0.4, 0.5) is 8.78 Å². The van der Waals surface area contributed by atoms with Crippen molar-refractivity contribution in [3.05, 3.63) is 53.5 Å². The number of hydrogen-bond donors (Lipinski definition) is 1.